The highest BCUT2D eigenvalue weighted by molar-refractivity contribution is 5.99. The van der Waals surface area contributed by atoms with E-state index in [2.05, 4.69) is 15.4 Å². The van der Waals surface area contributed by atoms with Crippen molar-refractivity contribution in [2.24, 2.45) is 7.05 Å². The van der Waals surface area contributed by atoms with Gasteiger partial charge in [-0.25, -0.2) is 0 Å². The topological polar surface area (TPSA) is 87.5 Å². The summed E-state index contributed by atoms with van der Waals surface area (Å²) in [6, 6.07) is 5.89. The summed E-state index contributed by atoms with van der Waals surface area (Å²) in [6.45, 7) is 0.498. The lowest BCUT2D eigenvalue weighted by atomic mass is 10.1. The Labute approximate surface area is 180 Å². The van der Waals surface area contributed by atoms with Gasteiger partial charge in [0.1, 0.15) is 17.9 Å². The first-order valence-corrected chi connectivity index (χ1v) is 10.5. The van der Waals surface area contributed by atoms with Gasteiger partial charge in [0.15, 0.2) is 11.5 Å². The molecule has 31 heavy (non-hydrogen) atoms. The Hall–Kier alpha value is -3.55. The highest BCUT2D eigenvalue weighted by Crippen LogP contribution is 2.35. The van der Waals surface area contributed by atoms with Crippen LogP contribution in [0.2, 0.25) is 0 Å². The zero-order valence-corrected chi connectivity index (χ0v) is 17.3. The van der Waals surface area contributed by atoms with Gasteiger partial charge in [-0.2, -0.15) is 5.10 Å². The van der Waals surface area contributed by atoms with Crippen molar-refractivity contribution in [1.29, 1.82) is 0 Å². The van der Waals surface area contributed by atoms with Gasteiger partial charge in [-0.05, 0) is 30.5 Å². The van der Waals surface area contributed by atoms with Crippen molar-refractivity contribution in [2.75, 3.05) is 6.79 Å². The summed E-state index contributed by atoms with van der Waals surface area (Å²) in [5, 5.41) is 7.39. The number of rotatable bonds is 6. The van der Waals surface area contributed by atoms with Crippen molar-refractivity contribution in [1.82, 2.24) is 20.1 Å². The highest BCUT2D eigenvalue weighted by Gasteiger charge is 2.23. The molecule has 5 rings (SSSR count). The molecule has 0 bridgehead atoms. The number of nitrogens with one attached hydrogen (secondary N) is 1. The van der Waals surface area contributed by atoms with Gasteiger partial charge in [-0.15, -0.1) is 0 Å². The average molecular weight is 420 g/mol. The molecular formula is C23H24N4O4. The Balaban J connectivity index is 1.45. The largest absolute Gasteiger partial charge is 0.487 e. The summed E-state index contributed by atoms with van der Waals surface area (Å²) in [5.74, 6) is 1.75. The van der Waals surface area contributed by atoms with Crippen LogP contribution in [0.25, 0.3) is 11.1 Å². The van der Waals surface area contributed by atoms with Crippen molar-refractivity contribution in [2.45, 2.75) is 38.3 Å². The first kappa shape index (κ1) is 19.4. The van der Waals surface area contributed by atoms with Crippen LogP contribution in [0.1, 0.15) is 41.6 Å². The third-order valence-corrected chi connectivity index (χ3v) is 5.67. The van der Waals surface area contributed by atoms with Gasteiger partial charge in [0, 0.05) is 42.8 Å². The molecule has 160 valence electrons. The zero-order valence-electron chi connectivity index (χ0n) is 17.3. The number of benzene rings is 1. The molecule has 3 heterocycles. The van der Waals surface area contributed by atoms with E-state index in [1.807, 2.05) is 31.4 Å². The number of pyridine rings is 1. The van der Waals surface area contributed by atoms with Crippen molar-refractivity contribution in [3.05, 3.63) is 54.1 Å². The van der Waals surface area contributed by atoms with E-state index in [1.165, 1.54) is 0 Å². The van der Waals surface area contributed by atoms with Crippen molar-refractivity contribution < 1.29 is 19.0 Å². The predicted octanol–water partition coefficient (Wildman–Crippen LogP) is 3.46. The van der Waals surface area contributed by atoms with Crippen molar-refractivity contribution in [3.63, 3.8) is 0 Å². The number of ether oxygens (including phenoxy) is 3. The summed E-state index contributed by atoms with van der Waals surface area (Å²) in [5.41, 5.74) is 2.91. The third kappa shape index (κ3) is 4.05. The first-order valence-electron chi connectivity index (χ1n) is 10.5. The van der Waals surface area contributed by atoms with Gasteiger partial charge in [0.25, 0.3) is 5.91 Å². The summed E-state index contributed by atoms with van der Waals surface area (Å²) in [7, 11) is 1.85. The Morgan fingerprint density at radius 1 is 1.19 bits per heavy atom. The van der Waals surface area contributed by atoms with E-state index in [-0.39, 0.29) is 25.3 Å². The summed E-state index contributed by atoms with van der Waals surface area (Å²) < 4.78 is 18.8. The van der Waals surface area contributed by atoms with Gasteiger partial charge >= 0.3 is 0 Å². The lowest BCUT2D eigenvalue weighted by Gasteiger charge is -2.17. The fraction of sp³-hybridized carbons (Fsp3) is 0.348. The molecule has 1 aromatic carbocycles. The van der Waals surface area contributed by atoms with Gasteiger partial charge in [-0.1, -0.05) is 18.9 Å². The number of nitrogens with zero attached hydrogens (tertiary/aromatic N) is 3. The lowest BCUT2D eigenvalue weighted by molar-refractivity contribution is 0.0933. The van der Waals surface area contributed by atoms with Crippen LogP contribution < -0.4 is 19.5 Å². The van der Waals surface area contributed by atoms with E-state index in [9.17, 15) is 4.79 Å². The van der Waals surface area contributed by atoms with E-state index < -0.39 is 0 Å². The van der Waals surface area contributed by atoms with Gasteiger partial charge in [-0.3, -0.25) is 14.5 Å². The molecule has 1 aliphatic heterocycles. The molecule has 1 N–H and O–H groups in total. The smallest absolute Gasteiger partial charge is 0.256 e. The SMILES string of the molecule is Cn1cc(-c2cncc(C(=O)NC3CCCC3)c2OCc2ccc3c(c2)OCO3)cn1. The Morgan fingerprint density at radius 2 is 2.03 bits per heavy atom. The standard InChI is InChI=1S/C23H24N4O4/c1-27-12-16(9-25-27)18-10-24-11-19(23(28)26-17-4-2-3-5-17)22(18)29-13-15-6-7-20-21(8-15)31-14-30-20/h6-12,17H,2-5,13-14H2,1H3,(H,26,28). The Morgan fingerprint density at radius 3 is 2.84 bits per heavy atom. The van der Waals surface area contributed by atoms with Crippen molar-refractivity contribution in [3.8, 4) is 28.4 Å². The van der Waals surface area contributed by atoms with Crippen LogP contribution in [0.15, 0.2) is 43.0 Å². The van der Waals surface area contributed by atoms with Crippen LogP contribution in [0, 0.1) is 0 Å². The fourth-order valence-corrected chi connectivity index (χ4v) is 4.05. The summed E-state index contributed by atoms with van der Waals surface area (Å²) in [6.07, 6.45) is 11.2. The summed E-state index contributed by atoms with van der Waals surface area (Å²) >= 11 is 0. The van der Waals surface area contributed by atoms with Gasteiger partial charge < -0.3 is 19.5 Å². The van der Waals surface area contributed by atoms with E-state index in [0.29, 0.717) is 17.1 Å². The first-order chi connectivity index (χ1) is 15.2. The molecule has 1 saturated carbocycles. The maximum Gasteiger partial charge on any atom is 0.256 e. The van der Waals surface area contributed by atoms with Crippen LogP contribution in [0.5, 0.6) is 17.2 Å². The number of aryl methyl sites for hydroxylation is 1. The maximum atomic E-state index is 13.1. The minimum Gasteiger partial charge on any atom is -0.487 e. The molecule has 1 aliphatic carbocycles. The van der Waals surface area contributed by atoms with Crippen LogP contribution >= 0.6 is 0 Å². The molecule has 2 aliphatic rings. The molecule has 2 aromatic heterocycles. The van der Waals surface area contributed by atoms with E-state index in [4.69, 9.17) is 14.2 Å². The van der Waals surface area contributed by atoms with Crippen LogP contribution in [0.4, 0.5) is 0 Å². The minimum absolute atomic E-state index is 0.161. The number of fused-ring (bicyclic) bond motifs is 1. The molecule has 0 unspecified atom stereocenters. The van der Waals surface area contributed by atoms with Crippen molar-refractivity contribution >= 4 is 5.91 Å². The second-order valence-corrected chi connectivity index (χ2v) is 7.90. The second-order valence-electron chi connectivity index (χ2n) is 7.90. The lowest BCUT2D eigenvalue weighted by Crippen LogP contribution is -2.33. The van der Waals surface area contributed by atoms with Crippen LogP contribution in [-0.2, 0) is 13.7 Å². The van der Waals surface area contributed by atoms with E-state index >= 15 is 0 Å². The molecule has 0 radical (unpaired) electrons. The molecule has 8 heteroatoms. The van der Waals surface area contributed by atoms with Gasteiger partial charge in [0.2, 0.25) is 6.79 Å². The monoisotopic (exact) mass is 420 g/mol. The zero-order chi connectivity index (χ0) is 21.2. The van der Waals surface area contributed by atoms with Crippen LogP contribution in [-0.4, -0.2) is 33.5 Å². The number of hydrogen-bond acceptors (Lipinski definition) is 6. The molecule has 0 spiro atoms. The quantitative estimate of drug-likeness (QED) is 0.657. The number of carbonyl (C=O) groups excluding carboxylic acids is 1. The Kier molecular flexibility index (Phi) is 5.19. The predicted molar refractivity (Wildman–Crippen MR) is 113 cm³/mol. The average Bonchev–Trinajstić information content (AvgIpc) is 3.53. The number of amides is 1. The third-order valence-electron chi connectivity index (χ3n) is 5.67. The maximum absolute atomic E-state index is 13.1. The summed E-state index contributed by atoms with van der Waals surface area (Å²) in [4.78, 5) is 17.4. The van der Waals surface area contributed by atoms with Crippen LogP contribution in [0.3, 0.4) is 0 Å². The second kappa shape index (κ2) is 8.29. The molecular weight excluding hydrogens is 396 g/mol. The van der Waals surface area contributed by atoms with E-state index in [0.717, 1.165) is 48.1 Å². The number of carbonyl (C=O) groups is 1. The number of hydrogen-bond donors (Lipinski definition) is 1. The normalized spacial score (nSPS) is 15.3. The highest BCUT2D eigenvalue weighted by atomic mass is 16.7. The number of aromatic nitrogens is 3. The minimum atomic E-state index is -0.161. The molecule has 8 nitrogen and oxygen atoms in total. The molecule has 0 saturated heterocycles. The van der Waals surface area contributed by atoms with Gasteiger partial charge in [0.05, 0.1) is 6.20 Å². The Bertz CT molecular complexity index is 1100. The van der Waals surface area contributed by atoms with E-state index in [1.54, 1.807) is 23.3 Å². The fourth-order valence-electron chi connectivity index (χ4n) is 4.05. The molecule has 3 aromatic rings. The molecule has 1 amide bonds. The molecule has 0 atom stereocenters. The molecule has 1 fully saturated rings.